The molecule has 0 aromatic heterocycles. The molecule has 1 saturated carbocycles. The molecule has 1 aliphatic rings. The number of hydrogen-bond donors (Lipinski definition) is 2. The Hall–Kier alpha value is -0.120. The SMILES string of the molecule is CCOC1CC(NCCCCO)C1(C)CC. The Morgan fingerprint density at radius 3 is 2.69 bits per heavy atom. The summed E-state index contributed by atoms with van der Waals surface area (Å²) in [6.07, 6.45) is 4.69. The summed E-state index contributed by atoms with van der Waals surface area (Å²) in [7, 11) is 0. The van der Waals surface area contributed by atoms with Gasteiger partial charge in [-0.15, -0.1) is 0 Å². The summed E-state index contributed by atoms with van der Waals surface area (Å²) >= 11 is 0. The number of ether oxygens (including phenoxy) is 1. The van der Waals surface area contributed by atoms with Crippen LogP contribution in [0.1, 0.15) is 46.5 Å². The molecular weight excluding hydrogens is 202 g/mol. The maximum atomic E-state index is 8.72. The van der Waals surface area contributed by atoms with Crippen molar-refractivity contribution in [1.29, 1.82) is 0 Å². The van der Waals surface area contributed by atoms with E-state index >= 15 is 0 Å². The third-order valence-electron chi connectivity index (χ3n) is 4.09. The highest BCUT2D eigenvalue weighted by molar-refractivity contribution is 5.04. The summed E-state index contributed by atoms with van der Waals surface area (Å²) in [6, 6.07) is 0.591. The largest absolute Gasteiger partial charge is 0.396 e. The lowest BCUT2D eigenvalue weighted by atomic mass is 9.61. The molecule has 0 saturated heterocycles. The number of nitrogens with one attached hydrogen (secondary N) is 1. The van der Waals surface area contributed by atoms with Gasteiger partial charge in [-0.3, -0.25) is 0 Å². The molecule has 0 aromatic carbocycles. The summed E-state index contributed by atoms with van der Waals surface area (Å²) in [4.78, 5) is 0. The second-order valence-electron chi connectivity index (χ2n) is 4.98. The summed E-state index contributed by atoms with van der Waals surface area (Å²) in [5.74, 6) is 0. The van der Waals surface area contributed by atoms with Gasteiger partial charge in [-0.2, -0.15) is 0 Å². The second-order valence-corrected chi connectivity index (χ2v) is 4.98. The van der Waals surface area contributed by atoms with Crippen LogP contribution in [0.25, 0.3) is 0 Å². The molecule has 0 spiro atoms. The van der Waals surface area contributed by atoms with Crippen LogP contribution in [0.5, 0.6) is 0 Å². The van der Waals surface area contributed by atoms with Crippen LogP contribution in [0.3, 0.4) is 0 Å². The van der Waals surface area contributed by atoms with Gasteiger partial charge in [-0.1, -0.05) is 13.8 Å². The monoisotopic (exact) mass is 229 g/mol. The van der Waals surface area contributed by atoms with Gasteiger partial charge >= 0.3 is 0 Å². The van der Waals surface area contributed by atoms with Crippen molar-refractivity contribution in [2.24, 2.45) is 5.41 Å². The number of aliphatic hydroxyl groups excluding tert-OH is 1. The van der Waals surface area contributed by atoms with E-state index in [0.29, 0.717) is 24.2 Å². The van der Waals surface area contributed by atoms with Crippen molar-refractivity contribution in [2.75, 3.05) is 19.8 Å². The van der Waals surface area contributed by atoms with Gasteiger partial charge in [-0.25, -0.2) is 0 Å². The molecule has 96 valence electrons. The zero-order chi connectivity index (χ0) is 12.0. The molecular formula is C13H27NO2. The number of rotatable bonds is 8. The molecule has 0 amide bonds. The average molecular weight is 229 g/mol. The van der Waals surface area contributed by atoms with Crippen molar-refractivity contribution in [2.45, 2.75) is 58.6 Å². The summed E-state index contributed by atoms with van der Waals surface area (Å²) < 4.78 is 5.76. The predicted molar refractivity (Wildman–Crippen MR) is 66.5 cm³/mol. The normalized spacial score (nSPS) is 33.8. The number of aliphatic hydroxyl groups is 1. The maximum Gasteiger partial charge on any atom is 0.0658 e. The van der Waals surface area contributed by atoms with Crippen LogP contribution in [-0.4, -0.2) is 37.0 Å². The van der Waals surface area contributed by atoms with Gasteiger partial charge in [0, 0.05) is 24.7 Å². The fraction of sp³-hybridized carbons (Fsp3) is 1.00. The molecule has 0 heterocycles. The Bertz CT molecular complexity index is 198. The van der Waals surface area contributed by atoms with E-state index in [1.54, 1.807) is 0 Å². The fourth-order valence-corrected chi connectivity index (χ4v) is 2.58. The first-order valence-electron chi connectivity index (χ1n) is 6.64. The summed E-state index contributed by atoms with van der Waals surface area (Å²) in [6.45, 7) is 8.77. The third kappa shape index (κ3) is 2.96. The Balaban J connectivity index is 2.28. The van der Waals surface area contributed by atoms with Crippen molar-refractivity contribution in [3.05, 3.63) is 0 Å². The molecule has 1 fully saturated rings. The lowest BCUT2D eigenvalue weighted by Gasteiger charge is -2.53. The van der Waals surface area contributed by atoms with Crippen molar-refractivity contribution in [3.63, 3.8) is 0 Å². The van der Waals surface area contributed by atoms with Gasteiger partial charge in [-0.05, 0) is 39.2 Å². The van der Waals surface area contributed by atoms with Crippen LogP contribution in [0.2, 0.25) is 0 Å². The van der Waals surface area contributed by atoms with E-state index in [-0.39, 0.29) is 0 Å². The Morgan fingerprint density at radius 2 is 2.12 bits per heavy atom. The molecule has 3 nitrogen and oxygen atoms in total. The Morgan fingerprint density at radius 1 is 1.38 bits per heavy atom. The molecule has 0 aliphatic heterocycles. The highest BCUT2D eigenvalue weighted by Gasteiger charge is 2.50. The van der Waals surface area contributed by atoms with Gasteiger partial charge in [0.05, 0.1) is 6.10 Å². The maximum absolute atomic E-state index is 8.72. The van der Waals surface area contributed by atoms with Gasteiger partial charge in [0.2, 0.25) is 0 Å². The first-order chi connectivity index (χ1) is 7.69. The van der Waals surface area contributed by atoms with Crippen LogP contribution >= 0.6 is 0 Å². The topological polar surface area (TPSA) is 41.5 Å². The average Bonchev–Trinajstić information content (AvgIpc) is 2.30. The summed E-state index contributed by atoms with van der Waals surface area (Å²) in [5.41, 5.74) is 0.301. The second kappa shape index (κ2) is 6.58. The minimum Gasteiger partial charge on any atom is -0.396 e. The van der Waals surface area contributed by atoms with Gasteiger partial charge in [0.25, 0.3) is 0 Å². The van der Waals surface area contributed by atoms with Crippen LogP contribution in [0.15, 0.2) is 0 Å². The molecule has 1 rings (SSSR count). The molecule has 0 bridgehead atoms. The standard InChI is InChI=1S/C13H27NO2/c1-4-13(3)11(10-12(13)16-5-2)14-8-6-7-9-15/h11-12,14-15H,4-10H2,1-3H3. The molecule has 3 unspecified atom stereocenters. The quantitative estimate of drug-likeness (QED) is 0.625. The van der Waals surface area contributed by atoms with E-state index in [0.717, 1.165) is 38.8 Å². The molecule has 3 heteroatoms. The van der Waals surface area contributed by atoms with Gasteiger partial charge in [0.15, 0.2) is 0 Å². The number of unbranched alkanes of at least 4 members (excludes halogenated alkanes) is 1. The highest BCUT2D eigenvalue weighted by atomic mass is 16.5. The lowest BCUT2D eigenvalue weighted by Crippen LogP contribution is -2.62. The third-order valence-corrected chi connectivity index (χ3v) is 4.09. The van der Waals surface area contributed by atoms with E-state index < -0.39 is 0 Å². The van der Waals surface area contributed by atoms with Crippen LogP contribution in [0, 0.1) is 5.41 Å². The van der Waals surface area contributed by atoms with Crippen LogP contribution in [0.4, 0.5) is 0 Å². The van der Waals surface area contributed by atoms with E-state index in [1.165, 1.54) is 0 Å². The van der Waals surface area contributed by atoms with Crippen molar-refractivity contribution in [1.82, 2.24) is 5.32 Å². The van der Waals surface area contributed by atoms with Crippen LogP contribution in [-0.2, 0) is 4.74 Å². The highest BCUT2D eigenvalue weighted by Crippen LogP contribution is 2.45. The first-order valence-corrected chi connectivity index (χ1v) is 6.64. The Labute approximate surface area is 99.6 Å². The van der Waals surface area contributed by atoms with Gasteiger partial charge < -0.3 is 15.2 Å². The van der Waals surface area contributed by atoms with Crippen molar-refractivity contribution in [3.8, 4) is 0 Å². The molecule has 0 aromatic rings. The molecule has 2 N–H and O–H groups in total. The minimum atomic E-state index is 0.301. The predicted octanol–water partition coefficient (Wildman–Crippen LogP) is 1.94. The summed E-state index contributed by atoms with van der Waals surface area (Å²) in [5, 5.41) is 12.3. The van der Waals surface area contributed by atoms with E-state index in [9.17, 15) is 0 Å². The minimum absolute atomic E-state index is 0.301. The zero-order valence-corrected chi connectivity index (χ0v) is 11.0. The number of hydrogen-bond acceptors (Lipinski definition) is 3. The molecule has 3 atom stereocenters. The van der Waals surface area contributed by atoms with Gasteiger partial charge in [0.1, 0.15) is 0 Å². The Kier molecular flexibility index (Phi) is 5.73. The zero-order valence-electron chi connectivity index (χ0n) is 11.0. The molecule has 16 heavy (non-hydrogen) atoms. The van der Waals surface area contributed by atoms with E-state index in [4.69, 9.17) is 9.84 Å². The van der Waals surface area contributed by atoms with Crippen molar-refractivity contribution >= 4 is 0 Å². The molecule has 1 aliphatic carbocycles. The first kappa shape index (κ1) is 13.9. The van der Waals surface area contributed by atoms with E-state index in [1.807, 2.05) is 0 Å². The smallest absolute Gasteiger partial charge is 0.0658 e. The fourth-order valence-electron chi connectivity index (χ4n) is 2.58. The van der Waals surface area contributed by atoms with E-state index in [2.05, 4.69) is 26.1 Å². The molecule has 0 radical (unpaired) electrons. The van der Waals surface area contributed by atoms with Crippen molar-refractivity contribution < 1.29 is 9.84 Å². The lowest BCUT2D eigenvalue weighted by molar-refractivity contribution is -0.125. The van der Waals surface area contributed by atoms with Crippen LogP contribution < -0.4 is 5.32 Å².